The summed E-state index contributed by atoms with van der Waals surface area (Å²) >= 11 is 0. The molecule has 3 aromatic rings. The van der Waals surface area contributed by atoms with Gasteiger partial charge in [0.1, 0.15) is 6.54 Å². The Morgan fingerprint density at radius 1 is 1.10 bits per heavy atom. The maximum atomic E-state index is 12.5. The van der Waals surface area contributed by atoms with Crippen molar-refractivity contribution in [1.82, 2.24) is 24.6 Å². The second-order valence-corrected chi connectivity index (χ2v) is 8.49. The van der Waals surface area contributed by atoms with E-state index in [2.05, 4.69) is 53.5 Å². The van der Waals surface area contributed by atoms with E-state index in [1.807, 2.05) is 24.2 Å². The van der Waals surface area contributed by atoms with Crippen molar-refractivity contribution in [2.45, 2.75) is 52.5 Å². The van der Waals surface area contributed by atoms with E-state index in [4.69, 9.17) is 4.98 Å². The number of benzene rings is 1. The highest BCUT2D eigenvalue weighted by molar-refractivity contribution is 5.76. The minimum Gasteiger partial charge on any atom is -0.341 e. The van der Waals surface area contributed by atoms with Crippen molar-refractivity contribution in [2.75, 3.05) is 18.4 Å². The van der Waals surface area contributed by atoms with Crippen molar-refractivity contribution in [1.29, 1.82) is 0 Å². The van der Waals surface area contributed by atoms with Crippen LogP contribution in [0.1, 0.15) is 50.2 Å². The molecule has 0 bridgehead atoms. The van der Waals surface area contributed by atoms with Crippen molar-refractivity contribution in [3.05, 3.63) is 54.0 Å². The number of hydrogen-bond donors (Lipinski definition) is 1. The van der Waals surface area contributed by atoms with E-state index < -0.39 is 0 Å². The predicted molar refractivity (Wildman–Crippen MR) is 122 cm³/mol. The summed E-state index contributed by atoms with van der Waals surface area (Å²) in [7, 11) is 0. The highest BCUT2D eigenvalue weighted by Gasteiger charge is 2.17. The second-order valence-electron chi connectivity index (χ2n) is 8.49. The summed E-state index contributed by atoms with van der Waals surface area (Å²) in [6.45, 7) is 8.34. The van der Waals surface area contributed by atoms with Gasteiger partial charge >= 0.3 is 0 Å². The molecule has 31 heavy (non-hydrogen) atoms. The van der Waals surface area contributed by atoms with E-state index in [9.17, 15) is 4.79 Å². The van der Waals surface area contributed by atoms with Crippen molar-refractivity contribution in [3.8, 4) is 11.3 Å². The molecule has 1 fully saturated rings. The van der Waals surface area contributed by atoms with Crippen molar-refractivity contribution in [2.24, 2.45) is 0 Å². The van der Waals surface area contributed by atoms with Crippen molar-refractivity contribution in [3.63, 3.8) is 0 Å². The zero-order valence-corrected chi connectivity index (χ0v) is 18.5. The monoisotopic (exact) mass is 418 g/mol. The van der Waals surface area contributed by atoms with Gasteiger partial charge in [-0.3, -0.25) is 9.48 Å². The zero-order valence-electron chi connectivity index (χ0n) is 18.5. The average Bonchev–Trinajstić information content (AvgIpc) is 3.22. The molecule has 0 radical (unpaired) electrons. The number of anilines is 2. The van der Waals surface area contributed by atoms with Crippen LogP contribution in [-0.4, -0.2) is 43.6 Å². The standard InChI is InChI=1S/C24H30N6O/c1-17(2)19-7-9-20(10-8-19)23-18(3)13-25-24(28-23)27-21-14-26-30(15-21)16-22(31)29-11-5-4-6-12-29/h7-10,13-15,17H,4-6,11-12,16H2,1-3H3,(H,25,27,28). The van der Waals surface area contributed by atoms with Crippen molar-refractivity contribution >= 4 is 17.5 Å². The van der Waals surface area contributed by atoms with Crippen LogP contribution in [0.5, 0.6) is 0 Å². The van der Waals surface area contributed by atoms with Crippen LogP contribution in [0, 0.1) is 6.92 Å². The van der Waals surface area contributed by atoms with Gasteiger partial charge in [-0.15, -0.1) is 0 Å². The molecule has 1 N–H and O–H groups in total. The van der Waals surface area contributed by atoms with E-state index in [0.29, 0.717) is 11.9 Å². The largest absolute Gasteiger partial charge is 0.341 e. The van der Waals surface area contributed by atoms with Gasteiger partial charge in [0.05, 0.1) is 17.6 Å². The third kappa shape index (κ3) is 5.10. The highest BCUT2D eigenvalue weighted by Crippen LogP contribution is 2.25. The van der Waals surface area contributed by atoms with Gasteiger partial charge < -0.3 is 10.2 Å². The number of rotatable bonds is 6. The first-order valence-corrected chi connectivity index (χ1v) is 11.0. The molecule has 0 atom stereocenters. The summed E-state index contributed by atoms with van der Waals surface area (Å²) in [5, 5.41) is 7.54. The Morgan fingerprint density at radius 3 is 2.55 bits per heavy atom. The maximum absolute atomic E-state index is 12.5. The van der Waals surface area contributed by atoms with Crippen LogP contribution in [0.15, 0.2) is 42.9 Å². The van der Waals surface area contributed by atoms with Gasteiger partial charge in [-0.1, -0.05) is 38.1 Å². The number of carbonyl (C=O) groups excluding carboxylic acids is 1. The van der Waals surface area contributed by atoms with E-state index in [-0.39, 0.29) is 12.5 Å². The number of carbonyl (C=O) groups is 1. The molecule has 2 aromatic heterocycles. The van der Waals surface area contributed by atoms with Gasteiger partial charge in [0.25, 0.3) is 0 Å². The normalized spacial score (nSPS) is 14.1. The molecule has 1 amide bonds. The van der Waals surface area contributed by atoms with E-state index in [1.54, 1.807) is 10.9 Å². The molecular weight excluding hydrogens is 388 g/mol. The van der Waals surface area contributed by atoms with Gasteiger partial charge in [0.2, 0.25) is 11.9 Å². The number of hydrogen-bond acceptors (Lipinski definition) is 5. The third-order valence-corrected chi connectivity index (χ3v) is 5.72. The Balaban J connectivity index is 1.45. The molecular formula is C24H30N6O. The number of aromatic nitrogens is 4. The van der Waals surface area contributed by atoms with E-state index >= 15 is 0 Å². The van der Waals surface area contributed by atoms with E-state index in [1.165, 1.54) is 12.0 Å². The Labute approximate surface area is 183 Å². The third-order valence-electron chi connectivity index (χ3n) is 5.72. The molecule has 1 aromatic carbocycles. The summed E-state index contributed by atoms with van der Waals surface area (Å²) in [5.41, 5.74) is 5.05. The summed E-state index contributed by atoms with van der Waals surface area (Å²) in [5.74, 6) is 1.12. The number of piperidine rings is 1. The van der Waals surface area contributed by atoms with Gasteiger partial charge in [0, 0.05) is 31.0 Å². The van der Waals surface area contributed by atoms with Crippen LogP contribution < -0.4 is 5.32 Å². The molecule has 1 aliphatic heterocycles. The molecule has 162 valence electrons. The maximum Gasteiger partial charge on any atom is 0.244 e. The fraction of sp³-hybridized carbons (Fsp3) is 0.417. The Kier molecular flexibility index (Phi) is 6.30. The zero-order chi connectivity index (χ0) is 21.8. The summed E-state index contributed by atoms with van der Waals surface area (Å²) in [6, 6.07) is 8.52. The van der Waals surface area contributed by atoms with Crippen LogP contribution in [0.2, 0.25) is 0 Å². The highest BCUT2D eigenvalue weighted by atomic mass is 16.2. The Bertz CT molecular complexity index is 1030. The van der Waals surface area contributed by atoms with Gasteiger partial charge in [-0.25, -0.2) is 9.97 Å². The lowest BCUT2D eigenvalue weighted by Crippen LogP contribution is -2.37. The number of nitrogens with one attached hydrogen (secondary N) is 1. The first-order valence-electron chi connectivity index (χ1n) is 11.0. The molecule has 4 rings (SSSR count). The fourth-order valence-corrected chi connectivity index (χ4v) is 3.85. The van der Waals surface area contributed by atoms with Gasteiger partial charge in [0.15, 0.2) is 0 Å². The first-order chi connectivity index (χ1) is 15.0. The summed E-state index contributed by atoms with van der Waals surface area (Å²) in [4.78, 5) is 23.5. The lowest BCUT2D eigenvalue weighted by molar-refractivity contribution is -0.132. The first kappa shape index (κ1) is 21.0. The van der Waals surface area contributed by atoms with Gasteiger partial charge in [-0.05, 0) is 43.2 Å². The molecule has 1 saturated heterocycles. The topological polar surface area (TPSA) is 75.9 Å². The minimum atomic E-state index is 0.119. The Hall–Kier alpha value is -3.22. The van der Waals surface area contributed by atoms with Crippen molar-refractivity contribution < 1.29 is 4.79 Å². The number of nitrogens with zero attached hydrogens (tertiary/aromatic N) is 5. The van der Waals surface area contributed by atoms with Gasteiger partial charge in [-0.2, -0.15) is 5.10 Å². The van der Waals surface area contributed by atoms with Crippen LogP contribution in [0.4, 0.5) is 11.6 Å². The second kappa shape index (κ2) is 9.29. The quantitative estimate of drug-likeness (QED) is 0.637. The molecule has 0 saturated carbocycles. The Morgan fingerprint density at radius 2 is 1.84 bits per heavy atom. The molecule has 0 aliphatic carbocycles. The predicted octanol–water partition coefficient (Wildman–Crippen LogP) is 4.53. The molecule has 7 heteroatoms. The number of amides is 1. The minimum absolute atomic E-state index is 0.119. The summed E-state index contributed by atoms with van der Waals surface area (Å²) in [6.07, 6.45) is 8.73. The molecule has 1 aliphatic rings. The molecule has 0 spiro atoms. The SMILES string of the molecule is Cc1cnc(Nc2cnn(CC(=O)N3CCCCC3)c2)nc1-c1ccc(C(C)C)cc1. The number of likely N-dealkylation sites (tertiary alicyclic amines) is 1. The average molecular weight is 419 g/mol. The van der Waals surface area contributed by atoms with E-state index in [0.717, 1.165) is 48.4 Å². The van der Waals surface area contributed by atoms with Crippen LogP contribution in [-0.2, 0) is 11.3 Å². The smallest absolute Gasteiger partial charge is 0.244 e. The fourth-order valence-electron chi connectivity index (χ4n) is 3.85. The lowest BCUT2D eigenvalue weighted by Gasteiger charge is -2.26. The molecule has 7 nitrogen and oxygen atoms in total. The van der Waals surface area contributed by atoms with Crippen LogP contribution >= 0.6 is 0 Å². The molecule has 0 unspecified atom stereocenters. The lowest BCUT2D eigenvalue weighted by atomic mass is 10.00. The summed E-state index contributed by atoms with van der Waals surface area (Å²) < 4.78 is 1.67. The number of aryl methyl sites for hydroxylation is 1. The molecule has 3 heterocycles. The van der Waals surface area contributed by atoms with Crippen LogP contribution in [0.25, 0.3) is 11.3 Å². The van der Waals surface area contributed by atoms with Crippen LogP contribution in [0.3, 0.4) is 0 Å².